The number of hydrogen-bond donors (Lipinski definition) is 2. The van der Waals surface area contributed by atoms with Gasteiger partial charge in [0, 0.05) is 40.8 Å². The quantitative estimate of drug-likeness (QED) is 0.771. The predicted molar refractivity (Wildman–Crippen MR) is 81.0 cm³/mol. The fraction of sp³-hybridized carbons (Fsp3) is 0.417. The summed E-state index contributed by atoms with van der Waals surface area (Å²) >= 11 is 9.55. The average molecular weight is 302 g/mol. The van der Waals surface area contributed by atoms with Gasteiger partial charge in [-0.1, -0.05) is 6.07 Å². The Kier molecular flexibility index (Phi) is 5.44. The smallest absolute Gasteiger partial charge is 0.182 e. The second kappa shape index (κ2) is 7.09. The third kappa shape index (κ3) is 3.95. The van der Waals surface area contributed by atoms with Gasteiger partial charge >= 0.3 is 0 Å². The molecule has 6 heteroatoms. The summed E-state index contributed by atoms with van der Waals surface area (Å²) in [6.07, 6.45) is 2.69. The van der Waals surface area contributed by atoms with Crippen LogP contribution in [0.1, 0.15) is 17.2 Å². The molecule has 0 aliphatic carbocycles. The number of thiazole rings is 1. The number of thiophene rings is 1. The van der Waals surface area contributed by atoms with E-state index in [0.717, 1.165) is 18.1 Å². The topological polar surface area (TPSA) is 50.9 Å². The highest BCUT2D eigenvalue weighted by Gasteiger charge is 2.17. The van der Waals surface area contributed by atoms with Crippen LogP contribution in [0, 0.1) is 0 Å². The highest BCUT2D eigenvalue weighted by atomic mass is 35.5. The van der Waals surface area contributed by atoms with Crippen LogP contribution in [-0.4, -0.2) is 23.5 Å². The minimum absolute atomic E-state index is 0.0233. The predicted octanol–water partition coefficient (Wildman–Crippen LogP) is 3.36. The van der Waals surface area contributed by atoms with Crippen LogP contribution in [0.25, 0.3) is 0 Å². The summed E-state index contributed by atoms with van der Waals surface area (Å²) in [5.74, 6) is 0.389. The second-order valence-electron chi connectivity index (χ2n) is 4.00. The number of hydrogen-bond acceptors (Lipinski definition) is 5. The van der Waals surface area contributed by atoms with Crippen molar-refractivity contribution in [2.24, 2.45) is 5.73 Å². The van der Waals surface area contributed by atoms with Crippen molar-refractivity contribution in [2.75, 3.05) is 18.4 Å². The maximum absolute atomic E-state index is 6.18. The van der Waals surface area contributed by atoms with Gasteiger partial charge in [0.25, 0.3) is 0 Å². The third-order valence-electron chi connectivity index (χ3n) is 2.67. The van der Waals surface area contributed by atoms with Crippen molar-refractivity contribution < 1.29 is 0 Å². The molecule has 2 aromatic heterocycles. The molecule has 0 fully saturated rings. The first-order valence-electron chi connectivity index (χ1n) is 5.80. The minimum Gasteiger partial charge on any atom is -0.361 e. The monoisotopic (exact) mass is 301 g/mol. The molecule has 0 aliphatic rings. The Bertz CT molecular complexity index is 430. The van der Waals surface area contributed by atoms with Crippen LogP contribution in [0.3, 0.4) is 0 Å². The van der Waals surface area contributed by atoms with E-state index >= 15 is 0 Å². The molecule has 0 aromatic carbocycles. The molecule has 18 heavy (non-hydrogen) atoms. The van der Waals surface area contributed by atoms with Crippen molar-refractivity contribution in [1.29, 1.82) is 0 Å². The van der Waals surface area contributed by atoms with E-state index in [1.165, 1.54) is 4.88 Å². The van der Waals surface area contributed by atoms with Crippen molar-refractivity contribution in [3.05, 3.63) is 34.0 Å². The van der Waals surface area contributed by atoms with E-state index in [1.54, 1.807) is 28.9 Å². The molecule has 3 N–H and O–H groups in total. The number of nitrogens with zero attached hydrogens (tertiary/aromatic N) is 1. The molecule has 2 aromatic rings. The largest absolute Gasteiger partial charge is 0.361 e. The first kappa shape index (κ1) is 13.8. The normalized spacial score (nSPS) is 14.3. The summed E-state index contributed by atoms with van der Waals surface area (Å²) in [5.41, 5.74) is 5.61. The zero-order valence-electron chi connectivity index (χ0n) is 9.88. The molecule has 0 saturated heterocycles. The molecule has 3 nitrogen and oxygen atoms in total. The molecular formula is C12H16ClN3S2. The Balaban J connectivity index is 1.96. The van der Waals surface area contributed by atoms with Gasteiger partial charge in [-0.25, -0.2) is 4.98 Å². The van der Waals surface area contributed by atoms with Gasteiger partial charge in [0.05, 0.1) is 0 Å². The van der Waals surface area contributed by atoms with Crippen molar-refractivity contribution in [2.45, 2.75) is 17.7 Å². The van der Waals surface area contributed by atoms with Crippen molar-refractivity contribution >= 4 is 39.4 Å². The van der Waals surface area contributed by atoms with Crippen LogP contribution in [0.5, 0.6) is 0 Å². The van der Waals surface area contributed by atoms with E-state index in [2.05, 4.69) is 27.8 Å². The molecular weight excluding hydrogens is 286 g/mol. The lowest BCUT2D eigenvalue weighted by Gasteiger charge is -2.18. The summed E-state index contributed by atoms with van der Waals surface area (Å²) in [5, 5.41) is 8.39. The number of aromatic nitrogens is 1. The number of nitrogens with two attached hydrogens (primary N) is 1. The first-order valence-corrected chi connectivity index (χ1v) is 8.00. The zero-order valence-corrected chi connectivity index (χ0v) is 12.3. The summed E-state index contributed by atoms with van der Waals surface area (Å²) in [6, 6.07) is 4.22. The van der Waals surface area contributed by atoms with Gasteiger partial charge in [-0.2, -0.15) is 0 Å². The molecule has 2 atom stereocenters. The van der Waals surface area contributed by atoms with E-state index in [1.807, 2.05) is 5.38 Å². The summed E-state index contributed by atoms with van der Waals surface area (Å²) in [4.78, 5) is 5.57. The molecule has 98 valence electrons. The molecule has 0 saturated carbocycles. The summed E-state index contributed by atoms with van der Waals surface area (Å²) in [7, 11) is 0. The molecule has 0 spiro atoms. The molecule has 2 rings (SSSR count). The van der Waals surface area contributed by atoms with Gasteiger partial charge in [0.1, 0.15) is 0 Å². The molecule has 0 bridgehead atoms. The summed E-state index contributed by atoms with van der Waals surface area (Å²) < 4.78 is 0. The summed E-state index contributed by atoms with van der Waals surface area (Å²) in [6.45, 7) is 1.36. The van der Waals surface area contributed by atoms with E-state index in [4.69, 9.17) is 17.3 Å². The highest BCUT2D eigenvalue weighted by Crippen LogP contribution is 2.27. The number of halogens is 1. The minimum atomic E-state index is 0.0233. The average Bonchev–Trinajstić information content (AvgIpc) is 3.06. The number of rotatable bonds is 7. The Morgan fingerprint density at radius 3 is 2.89 bits per heavy atom. The van der Waals surface area contributed by atoms with Crippen molar-refractivity contribution in [3.8, 4) is 0 Å². The highest BCUT2D eigenvalue weighted by molar-refractivity contribution is 7.13. The lowest BCUT2D eigenvalue weighted by molar-refractivity contribution is 0.632. The molecule has 0 radical (unpaired) electrons. The Morgan fingerprint density at radius 2 is 2.28 bits per heavy atom. The molecule has 0 aliphatic heterocycles. The van der Waals surface area contributed by atoms with Crippen LogP contribution >= 0.6 is 34.3 Å². The molecule has 0 amide bonds. The Hall–Kier alpha value is -0.620. The van der Waals surface area contributed by atoms with E-state index in [0.29, 0.717) is 12.5 Å². The van der Waals surface area contributed by atoms with Crippen LogP contribution in [0.4, 0.5) is 5.13 Å². The number of anilines is 1. The van der Waals surface area contributed by atoms with E-state index in [-0.39, 0.29) is 5.38 Å². The van der Waals surface area contributed by atoms with Gasteiger partial charge in [-0.05, 0) is 17.9 Å². The van der Waals surface area contributed by atoms with E-state index < -0.39 is 0 Å². The second-order valence-corrected chi connectivity index (χ2v) is 6.49. The fourth-order valence-electron chi connectivity index (χ4n) is 1.75. The van der Waals surface area contributed by atoms with Crippen LogP contribution in [0.2, 0.25) is 0 Å². The first-order chi connectivity index (χ1) is 8.79. The van der Waals surface area contributed by atoms with Gasteiger partial charge in [0.15, 0.2) is 5.13 Å². The maximum atomic E-state index is 6.18. The number of nitrogens with one attached hydrogen (secondary N) is 1. The van der Waals surface area contributed by atoms with Crippen molar-refractivity contribution in [3.63, 3.8) is 0 Å². The van der Waals surface area contributed by atoms with Gasteiger partial charge in [-0.3, -0.25) is 0 Å². The Labute approximate surface area is 120 Å². The van der Waals surface area contributed by atoms with Crippen LogP contribution < -0.4 is 11.1 Å². The zero-order chi connectivity index (χ0) is 12.8. The molecule has 2 unspecified atom stereocenters. The number of alkyl halides is 1. The van der Waals surface area contributed by atoms with Crippen LogP contribution in [0.15, 0.2) is 29.1 Å². The van der Waals surface area contributed by atoms with Gasteiger partial charge in [-0.15, -0.1) is 34.3 Å². The van der Waals surface area contributed by atoms with Crippen LogP contribution in [-0.2, 0) is 0 Å². The SMILES string of the molecule is NCC(Cl)CC(CNc1nccs1)c1cccs1. The standard InChI is InChI=1S/C12H16ClN3S2/c13-10(7-14)6-9(11-2-1-4-17-11)8-16-12-15-3-5-18-12/h1-5,9-10H,6-8,14H2,(H,15,16). The maximum Gasteiger partial charge on any atom is 0.182 e. The third-order valence-corrected chi connectivity index (χ3v) is 4.80. The van der Waals surface area contributed by atoms with Crippen molar-refractivity contribution in [1.82, 2.24) is 4.98 Å². The van der Waals surface area contributed by atoms with Gasteiger partial charge < -0.3 is 11.1 Å². The molecule has 2 heterocycles. The Morgan fingerprint density at radius 1 is 1.39 bits per heavy atom. The van der Waals surface area contributed by atoms with E-state index in [9.17, 15) is 0 Å². The fourth-order valence-corrected chi connectivity index (χ4v) is 3.35. The lowest BCUT2D eigenvalue weighted by Crippen LogP contribution is -2.21. The lowest BCUT2D eigenvalue weighted by atomic mass is 10.0. The van der Waals surface area contributed by atoms with Gasteiger partial charge in [0.2, 0.25) is 0 Å².